The fraction of sp³-hybridized carbons (Fsp3) is 0.628. The number of benzene rings is 2. The van der Waals surface area contributed by atoms with Crippen LogP contribution in [0.1, 0.15) is 98.0 Å². The zero-order chi connectivity index (χ0) is 41.2. The number of fused-ring (bicyclic) bond motifs is 1. The van der Waals surface area contributed by atoms with E-state index in [-0.39, 0.29) is 34.3 Å². The predicted octanol–water partition coefficient (Wildman–Crippen LogP) is 3.58. The summed E-state index contributed by atoms with van der Waals surface area (Å²) in [4.78, 5) is 56.1. The topological polar surface area (TPSA) is 197 Å². The lowest BCUT2D eigenvalue weighted by Gasteiger charge is -2.55. The highest BCUT2D eigenvalue weighted by Crippen LogP contribution is 2.68. The first kappa shape index (κ1) is 41.3. The van der Waals surface area contributed by atoms with Crippen molar-refractivity contribution in [1.29, 1.82) is 0 Å². The SMILES string of the molecule is CC1C(C)(C)C1(NC(O)NC1(CS(=O)(=O)c2cccc(OCc3ccccc3)c2)CCCCC1)C(=O)N1CC2C[C@]1(C(=O)NC(CC1CC1)C(=O)C(N)=O)C2(C)C. The van der Waals surface area contributed by atoms with Gasteiger partial charge in [0.15, 0.2) is 16.2 Å². The highest BCUT2D eigenvalue weighted by Gasteiger charge is 2.80. The second-order valence-corrected chi connectivity index (χ2v) is 20.6. The zero-order valence-electron chi connectivity index (χ0n) is 33.8. The molecule has 2 aromatic carbocycles. The molecule has 310 valence electrons. The van der Waals surface area contributed by atoms with Crippen molar-refractivity contribution < 1.29 is 37.4 Å². The third-order valence-electron chi connectivity index (χ3n) is 14.7. The minimum atomic E-state index is -3.87. The lowest BCUT2D eigenvalue weighted by Crippen LogP contribution is -2.72. The van der Waals surface area contributed by atoms with Crippen LogP contribution < -0.4 is 26.4 Å². The molecule has 2 bridgehead atoms. The Morgan fingerprint density at radius 1 is 0.947 bits per heavy atom. The molecule has 2 aromatic rings. The van der Waals surface area contributed by atoms with E-state index in [2.05, 4.69) is 16.0 Å². The molecule has 4 aliphatic carbocycles. The van der Waals surface area contributed by atoms with Crippen molar-refractivity contribution >= 4 is 33.3 Å². The highest BCUT2D eigenvalue weighted by molar-refractivity contribution is 7.91. The van der Waals surface area contributed by atoms with Gasteiger partial charge >= 0.3 is 0 Å². The number of nitrogens with one attached hydrogen (secondary N) is 3. The van der Waals surface area contributed by atoms with E-state index in [0.717, 1.165) is 37.7 Å². The summed E-state index contributed by atoms with van der Waals surface area (Å²) < 4.78 is 34.2. The van der Waals surface area contributed by atoms with Gasteiger partial charge in [-0.05, 0) is 72.6 Å². The highest BCUT2D eigenvalue weighted by atomic mass is 32.2. The fourth-order valence-electron chi connectivity index (χ4n) is 10.5. The molecule has 57 heavy (non-hydrogen) atoms. The molecule has 6 aliphatic rings. The van der Waals surface area contributed by atoms with E-state index in [0.29, 0.717) is 44.6 Å². The van der Waals surface area contributed by atoms with Crippen LogP contribution in [0.3, 0.4) is 0 Å². The average molecular weight is 806 g/mol. The predicted molar refractivity (Wildman–Crippen MR) is 213 cm³/mol. The molecule has 2 aliphatic heterocycles. The monoisotopic (exact) mass is 805 g/mol. The Morgan fingerprint density at radius 2 is 1.61 bits per heavy atom. The first-order valence-corrected chi connectivity index (χ1v) is 22.1. The standard InChI is InChI=1S/C43H59N5O8S/c1-27-39(2,3)43(27,37(52)48-24-30-23-42(48,40(30,4)5)36(51)45-33(21-28-17-18-28)34(49)35(44)50)47-38(53)46-41(19-10-7-11-20-41)26-57(54,55)32-16-12-15-31(22-32)56-25-29-13-8-6-9-14-29/h6,8-9,12-16,22,27-28,30,33,38,46-47,53H,7,10-11,17-21,23-26H2,1-5H3,(H2,44,50)(H,45,51)/t27?,30?,33?,38?,42-,43?/m0/s1. The van der Waals surface area contributed by atoms with Crippen LogP contribution in [-0.4, -0.2) is 83.2 Å². The molecule has 13 nitrogen and oxygen atoms in total. The smallest absolute Gasteiger partial charge is 0.287 e. The van der Waals surface area contributed by atoms with Crippen LogP contribution >= 0.6 is 0 Å². The van der Waals surface area contributed by atoms with E-state index in [1.54, 1.807) is 23.1 Å². The summed E-state index contributed by atoms with van der Waals surface area (Å²) >= 11 is 0. The Morgan fingerprint density at radius 3 is 2.21 bits per heavy atom. The van der Waals surface area contributed by atoms with Gasteiger partial charge in [0.2, 0.25) is 17.6 Å². The molecule has 8 rings (SSSR count). The van der Waals surface area contributed by atoms with Crippen LogP contribution in [0.2, 0.25) is 0 Å². The Kier molecular flexibility index (Phi) is 10.7. The van der Waals surface area contributed by atoms with Gasteiger partial charge in [-0.3, -0.25) is 29.8 Å². The van der Waals surface area contributed by atoms with Gasteiger partial charge in [-0.1, -0.05) is 103 Å². The summed E-state index contributed by atoms with van der Waals surface area (Å²) in [7, 11) is -3.87. The van der Waals surface area contributed by atoms with Gasteiger partial charge in [0.1, 0.15) is 23.4 Å². The summed E-state index contributed by atoms with van der Waals surface area (Å²) in [5.41, 5.74) is 1.50. The van der Waals surface area contributed by atoms with E-state index in [4.69, 9.17) is 10.5 Å². The molecule has 2 saturated heterocycles. The van der Waals surface area contributed by atoms with Crippen LogP contribution in [0.5, 0.6) is 5.75 Å². The van der Waals surface area contributed by atoms with Crippen molar-refractivity contribution in [3.63, 3.8) is 0 Å². The molecule has 14 heteroatoms. The number of ether oxygens (including phenoxy) is 1. The molecule has 2 heterocycles. The number of aliphatic hydroxyl groups excluding tert-OH is 1. The lowest BCUT2D eigenvalue weighted by atomic mass is 9.52. The third-order valence-corrected chi connectivity index (χ3v) is 16.6. The van der Waals surface area contributed by atoms with E-state index in [1.165, 1.54) is 6.07 Å². The van der Waals surface area contributed by atoms with Crippen molar-refractivity contribution in [3.05, 3.63) is 60.2 Å². The zero-order valence-corrected chi connectivity index (χ0v) is 34.6. The van der Waals surface area contributed by atoms with Crippen molar-refractivity contribution in [2.45, 2.75) is 133 Å². The number of amides is 3. The molecule has 3 amide bonds. The van der Waals surface area contributed by atoms with Crippen molar-refractivity contribution in [3.8, 4) is 5.75 Å². The molecular weight excluding hydrogens is 747 g/mol. The number of ketones is 1. The minimum absolute atomic E-state index is 0.0242. The van der Waals surface area contributed by atoms with E-state index in [9.17, 15) is 27.9 Å². The average Bonchev–Trinajstić information content (AvgIpc) is 3.95. The van der Waals surface area contributed by atoms with Crippen molar-refractivity contribution in [1.82, 2.24) is 20.9 Å². The minimum Gasteiger partial charge on any atom is -0.489 e. The molecule has 0 radical (unpaired) electrons. The van der Waals surface area contributed by atoms with Gasteiger partial charge < -0.3 is 25.8 Å². The quantitative estimate of drug-likeness (QED) is 0.116. The Labute approximate surface area is 336 Å². The summed E-state index contributed by atoms with van der Waals surface area (Å²) in [6.07, 6.45) is 4.56. The second-order valence-electron chi connectivity index (χ2n) is 18.6. The Bertz CT molecular complexity index is 2010. The molecule has 6 atom stereocenters. The van der Waals surface area contributed by atoms with E-state index < -0.39 is 67.3 Å². The van der Waals surface area contributed by atoms with Crippen LogP contribution in [0, 0.1) is 28.6 Å². The van der Waals surface area contributed by atoms with Gasteiger partial charge in [0, 0.05) is 17.5 Å². The molecule has 6 fully saturated rings. The number of carbonyl (C=O) groups is 4. The number of sulfone groups is 1. The number of nitrogens with two attached hydrogens (primary N) is 1. The number of nitrogens with zero attached hydrogens (tertiary/aromatic N) is 1. The number of hydrogen-bond acceptors (Lipinski definition) is 10. The van der Waals surface area contributed by atoms with Crippen LogP contribution in [0.4, 0.5) is 0 Å². The third kappa shape index (κ3) is 7.18. The molecule has 5 unspecified atom stereocenters. The molecule has 6 N–H and O–H groups in total. The number of Topliss-reactive ketones (excluding diaryl/α,β-unsaturated/α-hetero) is 1. The van der Waals surface area contributed by atoms with Crippen LogP contribution in [0.25, 0.3) is 0 Å². The Hall–Kier alpha value is -3.85. The second kappa shape index (κ2) is 14.8. The maximum Gasteiger partial charge on any atom is 0.287 e. The maximum absolute atomic E-state index is 15.1. The Balaban J connectivity index is 1.10. The number of carbonyl (C=O) groups excluding carboxylic acids is 4. The number of primary amides is 1. The first-order valence-electron chi connectivity index (χ1n) is 20.5. The molecular formula is C43H59N5O8S. The lowest BCUT2D eigenvalue weighted by molar-refractivity contribution is -0.161. The van der Waals surface area contributed by atoms with Crippen molar-refractivity contribution in [2.75, 3.05) is 12.3 Å². The van der Waals surface area contributed by atoms with Gasteiger partial charge in [-0.25, -0.2) is 8.42 Å². The number of rotatable bonds is 17. The first-order chi connectivity index (χ1) is 26.8. The van der Waals surface area contributed by atoms with E-state index >= 15 is 4.79 Å². The fourth-order valence-corrected chi connectivity index (χ4v) is 12.3. The van der Waals surface area contributed by atoms with Gasteiger partial charge in [-0.2, -0.15) is 0 Å². The van der Waals surface area contributed by atoms with Crippen LogP contribution in [0.15, 0.2) is 59.5 Å². The largest absolute Gasteiger partial charge is 0.489 e. The molecule has 0 aromatic heterocycles. The number of aliphatic hydroxyl groups is 1. The van der Waals surface area contributed by atoms with Crippen LogP contribution in [-0.2, 0) is 35.6 Å². The maximum atomic E-state index is 15.1. The van der Waals surface area contributed by atoms with Crippen molar-refractivity contribution in [2.24, 2.45) is 34.3 Å². The number of hydrogen-bond donors (Lipinski definition) is 5. The molecule has 0 spiro atoms. The summed E-state index contributed by atoms with van der Waals surface area (Å²) in [6, 6.07) is 15.0. The summed E-state index contributed by atoms with van der Waals surface area (Å²) in [5.74, 6) is -2.61. The van der Waals surface area contributed by atoms with E-state index in [1.807, 2.05) is 65.0 Å². The summed E-state index contributed by atoms with van der Waals surface area (Å²) in [5, 5.41) is 21.2. The van der Waals surface area contributed by atoms with Gasteiger partial charge in [0.25, 0.3) is 5.91 Å². The normalized spacial score (nSPS) is 29.1. The summed E-state index contributed by atoms with van der Waals surface area (Å²) in [6.45, 7) is 10.3. The van der Waals surface area contributed by atoms with Gasteiger partial charge in [-0.15, -0.1) is 0 Å². The van der Waals surface area contributed by atoms with Gasteiger partial charge in [0.05, 0.1) is 16.7 Å². The molecule has 4 saturated carbocycles.